The molecule has 0 rings (SSSR count). The fourth-order valence-corrected chi connectivity index (χ4v) is 13.7. The number of hydrogen-bond donors (Lipinski definition) is 0. The van der Waals surface area contributed by atoms with Gasteiger partial charge in [0.05, 0.1) is 0 Å². The Bertz CT molecular complexity index is 292. The van der Waals surface area contributed by atoms with Gasteiger partial charge < -0.3 is 17.4 Å². The van der Waals surface area contributed by atoms with Crippen LogP contribution < -0.4 is 0 Å². The molecule has 0 bridgehead atoms. The van der Waals surface area contributed by atoms with Crippen LogP contribution in [0, 0.1) is 0 Å². The molecule has 0 saturated carbocycles. The highest BCUT2D eigenvalue weighted by atomic mass is 28.4. The third kappa shape index (κ3) is 14.3. The van der Waals surface area contributed by atoms with Crippen LogP contribution in [-0.2, 0) is 17.4 Å². The summed E-state index contributed by atoms with van der Waals surface area (Å²) in [5.41, 5.74) is 0. The predicted molar refractivity (Wildman–Crippen MR) is 106 cm³/mol. The van der Waals surface area contributed by atoms with E-state index >= 15 is 0 Å². The van der Waals surface area contributed by atoms with Gasteiger partial charge in [-0.15, -0.1) is 0 Å². The highest BCUT2D eigenvalue weighted by molar-refractivity contribution is 6.82. The van der Waals surface area contributed by atoms with Gasteiger partial charge in [0, 0.05) is 19.4 Å². The van der Waals surface area contributed by atoms with Gasteiger partial charge in [0.15, 0.2) is 26.4 Å². The fraction of sp³-hybridized carbons (Fsp3) is 1.00. The van der Waals surface area contributed by atoms with Crippen LogP contribution in [0.4, 0.5) is 0 Å². The number of hydrogen-bond acceptors (Lipinski definition) is 4. The molecule has 0 heterocycles. The lowest BCUT2D eigenvalue weighted by atomic mass is 10.5. The first kappa shape index (κ1) is 22.7. The smallest absolute Gasteiger partial charge is 0.324 e. The summed E-state index contributed by atoms with van der Waals surface area (Å²) in [6, 6.07) is 1.02. The van der Waals surface area contributed by atoms with Crippen molar-refractivity contribution in [3.63, 3.8) is 0 Å². The molecule has 0 saturated heterocycles. The maximum absolute atomic E-state index is 6.44. The molecule has 0 aliphatic rings. The molecule has 4 nitrogen and oxygen atoms in total. The molecular weight excluding hydrogens is 344 g/mol. The minimum absolute atomic E-state index is 0.584. The molecule has 1 atom stereocenters. The first-order chi connectivity index (χ1) is 9.97. The first-order valence-electron chi connectivity index (χ1n) is 8.53. The van der Waals surface area contributed by atoms with Crippen LogP contribution in [0.1, 0.15) is 19.8 Å². The second kappa shape index (κ2) is 10.5. The lowest BCUT2D eigenvalue weighted by Gasteiger charge is -2.34. The Hall–Kier alpha value is 0.708. The molecule has 0 aliphatic heterocycles. The molecule has 0 fully saturated rings. The molecule has 8 heteroatoms. The second-order valence-electron chi connectivity index (χ2n) is 7.87. The van der Waals surface area contributed by atoms with E-state index in [0.717, 1.165) is 38.3 Å². The van der Waals surface area contributed by atoms with Crippen molar-refractivity contribution in [2.45, 2.75) is 71.6 Å². The maximum Gasteiger partial charge on any atom is 0.324 e. The average Bonchev–Trinajstić information content (AvgIpc) is 2.31. The van der Waals surface area contributed by atoms with E-state index in [1.165, 1.54) is 0 Å². The zero-order valence-electron chi connectivity index (χ0n) is 16.1. The van der Waals surface area contributed by atoms with E-state index in [1.54, 1.807) is 0 Å². The third-order valence-electron chi connectivity index (χ3n) is 2.82. The maximum atomic E-state index is 6.44. The van der Waals surface area contributed by atoms with Crippen molar-refractivity contribution >= 4 is 35.0 Å². The van der Waals surface area contributed by atoms with E-state index in [9.17, 15) is 0 Å². The number of rotatable bonds is 13. The van der Waals surface area contributed by atoms with E-state index in [2.05, 4.69) is 52.8 Å². The molecule has 0 aromatic carbocycles. The molecule has 134 valence electrons. The van der Waals surface area contributed by atoms with Crippen LogP contribution in [0.25, 0.3) is 0 Å². The van der Waals surface area contributed by atoms with Gasteiger partial charge in [-0.05, 0) is 64.7 Å². The van der Waals surface area contributed by atoms with Crippen LogP contribution >= 0.6 is 0 Å². The zero-order chi connectivity index (χ0) is 17.3. The molecule has 22 heavy (non-hydrogen) atoms. The second-order valence-corrected chi connectivity index (χ2v) is 22.2. The van der Waals surface area contributed by atoms with Gasteiger partial charge in [-0.25, -0.2) is 0 Å². The molecule has 0 N–H and O–H groups in total. The van der Waals surface area contributed by atoms with Crippen molar-refractivity contribution in [3.8, 4) is 0 Å². The van der Waals surface area contributed by atoms with E-state index in [0.29, 0.717) is 0 Å². The summed E-state index contributed by atoms with van der Waals surface area (Å²) in [7, 11) is -5.65. The summed E-state index contributed by atoms with van der Waals surface area (Å²) in [6.07, 6.45) is 2.90. The Balaban J connectivity index is 4.28. The van der Waals surface area contributed by atoms with Crippen molar-refractivity contribution < 1.29 is 17.4 Å². The lowest BCUT2D eigenvalue weighted by Crippen LogP contribution is -2.48. The Morgan fingerprint density at radius 2 is 1.50 bits per heavy atom. The average molecular weight is 383 g/mol. The Labute approximate surface area is 143 Å². The molecule has 0 amide bonds. The van der Waals surface area contributed by atoms with Gasteiger partial charge in [0.1, 0.15) is 0 Å². The van der Waals surface area contributed by atoms with Crippen molar-refractivity contribution in [3.05, 3.63) is 0 Å². The van der Waals surface area contributed by atoms with Crippen LogP contribution in [0.15, 0.2) is 0 Å². The van der Waals surface area contributed by atoms with Crippen molar-refractivity contribution in [1.82, 2.24) is 0 Å². The van der Waals surface area contributed by atoms with Gasteiger partial charge in [-0.3, -0.25) is 0 Å². The largest absolute Gasteiger partial charge is 0.459 e. The summed E-state index contributed by atoms with van der Waals surface area (Å²) in [4.78, 5) is 0. The van der Waals surface area contributed by atoms with Gasteiger partial charge in [0.2, 0.25) is 0 Å². The van der Waals surface area contributed by atoms with Gasteiger partial charge in [-0.2, -0.15) is 0 Å². The van der Waals surface area contributed by atoms with Gasteiger partial charge in [0.25, 0.3) is 0 Å². The normalized spacial score (nSPS) is 16.4. The van der Waals surface area contributed by atoms with Crippen molar-refractivity contribution in [1.29, 1.82) is 0 Å². The SMILES string of the molecule is CCCOCCC[Si](C)(OC[SiH2]O[Si](C)(C)C)O[Si](C)(C)C. The first-order valence-corrected chi connectivity index (χ1v) is 19.4. The van der Waals surface area contributed by atoms with Crippen molar-refractivity contribution in [2.75, 3.05) is 19.4 Å². The summed E-state index contributed by atoms with van der Waals surface area (Å²) in [6.45, 7) is 19.5. The predicted octanol–water partition coefficient (Wildman–Crippen LogP) is 3.64. The molecule has 0 radical (unpaired) electrons. The Kier molecular flexibility index (Phi) is 10.9. The van der Waals surface area contributed by atoms with Crippen LogP contribution in [-0.4, -0.2) is 54.4 Å². The van der Waals surface area contributed by atoms with Crippen LogP contribution in [0.2, 0.25) is 51.9 Å². The molecule has 0 aliphatic carbocycles. The molecular formula is C14H38O4Si4. The highest BCUT2D eigenvalue weighted by Crippen LogP contribution is 2.21. The lowest BCUT2D eigenvalue weighted by molar-refractivity contribution is 0.133. The summed E-state index contributed by atoms with van der Waals surface area (Å²) < 4.78 is 24.3. The minimum Gasteiger partial charge on any atom is -0.459 e. The summed E-state index contributed by atoms with van der Waals surface area (Å²) in [5.74, 6) is 0. The van der Waals surface area contributed by atoms with E-state index in [-0.39, 0.29) is 0 Å². The standard InChI is InChI=1S/C14H38O4Si4/c1-9-11-15-12-10-13-22(8,18-21(5,6)7)16-14-19-17-20(2,3)4/h9-14,19H2,1-8H3. The summed E-state index contributed by atoms with van der Waals surface area (Å²) >= 11 is 0. The molecule has 0 spiro atoms. The Morgan fingerprint density at radius 3 is 2.00 bits per heavy atom. The fourth-order valence-electron chi connectivity index (χ4n) is 2.15. The van der Waals surface area contributed by atoms with E-state index in [1.807, 2.05) is 0 Å². The molecule has 1 unspecified atom stereocenters. The van der Waals surface area contributed by atoms with Gasteiger partial charge in [-0.1, -0.05) is 6.92 Å². The molecule has 0 aromatic heterocycles. The van der Waals surface area contributed by atoms with Crippen LogP contribution in [0.5, 0.6) is 0 Å². The Morgan fingerprint density at radius 1 is 0.864 bits per heavy atom. The third-order valence-corrected chi connectivity index (χ3v) is 14.1. The topological polar surface area (TPSA) is 36.9 Å². The quantitative estimate of drug-likeness (QED) is 0.360. The molecule has 0 aromatic rings. The van der Waals surface area contributed by atoms with Gasteiger partial charge >= 0.3 is 8.56 Å². The van der Waals surface area contributed by atoms with Crippen LogP contribution in [0.3, 0.4) is 0 Å². The van der Waals surface area contributed by atoms with E-state index in [4.69, 9.17) is 17.4 Å². The monoisotopic (exact) mass is 382 g/mol. The van der Waals surface area contributed by atoms with E-state index < -0.39 is 35.0 Å². The summed E-state index contributed by atoms with van der Waals surface area (Å²) in [5, 5.41) is 0. The number of ether oxygens (including phenoxy) is 1. The van der Waals surface area contributed by atoms with Crippen molar-refractivity contribution in [2.24, 2.45) is 0 Å². The highest BCUT2D eigenvalue weighted by Gasteiger charge is 2.36. The minimum atomic E-state index is -2.09. The zero-order valence-corrected chi connectivity index (χ0v) is 20.5.